The van der Waals surface area contributed by atoms with E-state index < -0.39 is 25.2 Å². The molecule has 0 aromatic heterocycles. The molecule has 11 heteroatoms. The normalized spacial score (nSPS) is 15.3. The number of thioether (sulfide) groups is 1. The summed E-state index contributed by atoms with van der Waals surface area (Å²) in [6, 6.07) is 0. The van der Waals surface area contributed by atoms with Crippen molar-refractivity contribution in [3.05, 3.63) is 0 Å². The summed E-state index contributed by atoms with van der Waals surface area (Å²) in [5, 5.41) is 15.5. The van der Waals surface area contributed by atoms with Crippen molar-refractivity contribution in [2.75, 3.05) is 37.8 Å². The molecule has 178 valence electrons. The Morgan fingerprint density at radius 2 is 1.63 bits per heavy atom. The monoisotopic (exact) mass is 470 g/mol. The highest BCUT2D eigenvalue weighted by Gasteiger charge is 2.37. The lowest BCUT2D eigenvalue weighted by atomic mass is 9.87. The van der Waals surface area contributed by atoms with Gasteiger partial charge in [0, 0.05) is 30.7 Å². The van der Waals surface area contributed by atoms with Crippen LogP contribution in [0.1, 0.15) is 54.4 Å². The molecule has 0 aliphatic carbocycles. The molecule has 0 aliphatic rings. The predicted molar refractivity (Wildman–Crippen MR) is 119 cm³/mol. The zero-order valence-electron chi connectivity index (χ0n) is 19.0. The van der Waals surface area contributed by atoms with Crippen molar-refractivity contribution in [3.8, 4) is 0 Å². The van der Waals surface area contributed by atoms with Gasteiger partial charge in [-0.05, 0) is 17.6 Å². The Bertz CT molecular complexity index is 582. The minimum Gasteiger partial charge on any atom is -0.383 e. The third-order valence-electron chi connectivity index (χ3n) is 3.82. The number of carbonyl (C=O) groups excluding carboxylic acids is 2. The number of amides is 2. The second-order valence-corrected chi connectivity index (χ2v) is 11.6. The third-order valence-corrected chi connectivity index (χ3v) is 5.92. The highest BCUT2D eigenvalue weighted by molar-refractivity contribution is 7.99. The second-order valence-electron chi connectivity index (χ2n) is 8.97. The van der Waals surface area contributed by atoms with Crippen LogP contribution in [0.3, 0.4) is 0 Å². The zero-order chi connectivity index (χ0) is 23.4. The number of hydrogen-bond donors (Lipinski definition) is 4. The summed E-state index contributed by atoms with van der Waals surface area (Å²) in [7, 11) is -4.31. The molecule has 0 saturated heterocycles. The van der Waals surface area contributed by atoms with Crippen molar-refractivity contribution in [3.63, 3.8) is 0 Å². The number of rotatable bonds is 15. The van der Waals surface area contributed by atoms with Gasteiger partial charge in [0.15, 0.2) is 0 Å². The van der Waals surface area contributed by atoms with Gasteiger partial charge in [0.1, 0.15) is 6.10 Å². The molecule has 0 aromatic carbocycles. The van der Waals surface area contributed by atoms with Crippen LogP contribution in [0.2, 0.25) is 0 Å². The van der Waals surface area contributed by atoms with Gasteiger partial charge in [-0.15, -0.1) is 0 Å². The van der Waals surface area contributed by atoms with Gasteiger partial charge in [-0.25, -0.2) is 4.57 Å². The maximum Gasteiger partial charge on any atom is 0.472 e. The van der Waals surface area contributed by atoms with E-state index >= 15 is 0 Å². The highest BCUT2D eigenvalue weighted by atomic mass is 32.2. The summed E-state index contributed by atoms with van der Waals surface area (Å²) in [4.78, 5) is 33.7. The van der Waals surface area contributed by atoms with Crippen LogP contribution < -0.4 is 10.6 Å². The number of aliphatic hydroxyl groups excluding tert-OH is 1. The van der Waals surface area contributed by atoms with E-state index in [1.165, 1.54) is 13.8 Å². The average Bonchev–Trinajstić information content (AvgIpc) is 2.63. The van der Waals surface area contributed by atoms with Gasteiger partial charge in [0.05, 0.1) is 13.2 Å². The Hall–Kier alpha value is -0.640. The maximum atomic E-state index is 12.2. The molecule has 0 spiro atoms. The molecular weight excluding hydrogens is 431 g/mol. The van der Waals surface area contributed by atoms with Gasteiger partial charge in [-0.2, -0.15) is 11.8 Å². The summed E-state index contributed by atoms with van der Waals surface area (Å²) in [6.45, 7) is 11.0. The van der Waals surface area contributed by atoms with Crippen LogP contribution in [0.25, 0.3) is 0 Å². The fourth-order valence-electron chi connectivity index (χ4n) is 1.99. The minimum atomic E-state index is -4.31. The Labute approximate surface area is 184 Å². The topological polar surface area (TPSA) is 134 Å². The molecule has 2 unspecified atom stereocenters. The maximum absolute atomic E-state index is 12.2. The van der Waals surface area contributed by atoms with Gasteiger partial charge in [-0.1, -0.05) is 41.5 Å². The average molecular weight is 471 g/mol. The number of aliphatic hydroxyl groups is 1. The molecular formula is C19H39N2O7PS. The number of carbonyl (C=O) groups is 2. The van der Waals surface area contributed by atoms with E-state index in [4.69, 9.17) is 9.05 Å². The molecule has 0 aromatic rings. The van der Waals surface area contributed by atoms with Crippen LogP contribution in [-0.2, 0) is 23.2 Å². The van der Waals surface area contributed by atoms with Crippen LogP contribution in [0.4, 0.5) is 0 Å². The molecule has 30 heavy (non-hydrogen) atoms. The number of phosphoric acid groups is 1. The Kier molecular flexibility index (Phi) is 13.4. The lowest BCUT2D eigenvalue weighted by Crippen LogP contribution is -2.46. The van der Waals surface area contributed by atoms with E-state index in [1.54, 1.807) is 11.8 Å². The summed E-state index contributed by atoms with van der Waals surface area (Å²) >= 11 is 1.76. The van der Waals surface area contributed by atoms with Gasteiger partial charge < -0.3 is 20.6 Å². The van der Waals surface area contributed by atoms with Crippen LogP contribution in [-0.4, -0.2) is 65.7 Å². The van der Waals surface area contributed by atoms with Crippen molar-refractivity contribution >= 4 is 31.4 Å². The summed E-state index contributed by atoms with van der Waals surface area (Å²) in [5.41, 5.74) is -1.47. The molecule has 0 heterocycles. The van der Waals surface area contributed by atoms with Crippen LogP contribution in [0.5, 0.6) is 0 Å². The third kappa shape index (κ3) is 14.4. The van der Waals surface area contributed by atoms with E-state index in [1.807, 2.05) is 20.8 Å². The van der Waals surface area contributed by atoms with E-state index in [0.717, 1.165) is 17.9 Å². The zero-order valence-corrected chi connectivity index (χ0v) is 20.7. The highest BCUT2D eigenvalue weighted by Crippen LogP contribution is 2.46. The standard InChI is InChI=1S/C19H39N2O7PS/c1-7-11-30-12-10-20-15(22)8-9-21-17(24)16(23)19(5,6)14-28-29(25,26)27-13-18(2,3)4/h16,23H,7-14H2,1-6H3,(H,20,22)(H,21,24)(H,25,26). The quantitative estimate of drug-likeness (QED) is 0.212. The van der Waals surface area contributed by atoms with Crippen molar-refractivity contribution in [1.82, 2.24) is 10.6 Å². The Morgan fingerprint density at radius 3 is 2.20 bits per heavy atom. The van der Waals surface area contributed by atoms with Crippen molar-refractivity contribution in [2.45, 2.75) is 60.5 Å². The minimum absolute atomic E-state index is 0.0175. The second kappa shape index (κ2) is 13.7. The first-order valence-corrected chi connectivity index (χ1v) is 12.8. The number of phosphoric ester groups is 1. The van der Waals surface area contributed by atoms with E-state index in [2.05, 4.69) is 17.6 Å². The largest absolute Gasteiger partial charge is 0.472 e. The fourth-order valence-corrected chi connectivity index (χ4v) is 3.85. The van der Waals surface area contributed by atoms with E-state index in [-0.39, 0.29) is 37.5 Å². The molecule has 2 amide bonds. The molecule has 0 rings (SSSR count). The lowest BCUT2D eigenvalue weighted by Gasteiger charge is -2.30. The number of hydrogen-bond acceptors (Lipinski definition) is 7. The number of nitrogens with one attached hydrogen (secondary N) is 2. The molecule has 0 aliphatic heterocycles. The SMILES string of the molecule is CCCSCCNC(=O)CCNC(=O)C(O)C(C)(C)COP(=O)(O)OCC(C)(C)C. The van der Waals surface area contributed by atoms with Crippen LogP contribution in [0, 0.1) is 10.8 Å². The summed E-state index contributed by atoms with van der Waals surface area (Å²) < 4.78 is 21.9. The van der Waals surface area contributed by atoms with Gasteiger partial charge in [0.2, 0.25) is 11.8 Å². The first-order chi connectivity index (χ1) is 13.7. The Balaban J connectivity index is 4.30. The summed E-state index contributed by atoms with van der Waals surface area (Å²) in [6.07, 6.45) is -0.303. The van der Waals surface area contributed by atoms with Crippen LogP contribution >= 0.6 is 19.6 Å². The van der Waals surface area contributed by atoms with E-state index in [0.29, 0.717) is 6.54 Å². The Morgan fingerprint density at radius 1 is 1.03 bits per heavy atom. The van der Waals surface area contributed by atoms with E-state index in [9.17, 15) is 24.2 Å². The summed E-state index contributed by atoms with van der Waals surface area (Å²) in [5.74, 6) is 1.03. The smallest absolute Gasteiger partial charge is 0.383 e. The molecule has 0 bridgehead atoms. The predicted octanol–water partition coefficient (Wildman–Crippen LogP) is 2.32. The van der Waals surface area contributed by atoms with Gasteiger partial charge >= 0.3 is 7.82 Å². The van der Waals surface area contributed by atoms with Gasteiger partial charge in [0.25, 0.3) is 0 Å². The first-order valence-electron chi connectivity index (χ1n) is 10.1. The molecule has 4 N–H and O–H groups in total. The molecule has 0 fully saturated rings. The molecule has 9 nitrogen and oxygen atoms in total. The molecule has 0 saturated carbocycles. The van der Waals surface area contributed by atoms with Crippen molar-refractivity contribution in [1.29, 1.82) is 0 Å². The fraction of sp³-hybridized carbons (Fsp3) is 0.895. The van der Waals surface area contributed by atoms with Crippen molar-refractivity contribution in [2.24, 2.45) is 10.8 Å². The van der Waals surface area contributed by atoms with Crippen LogP contribution in [0.15, 0.2) is 0 Å². The first kappa shape index (κ1) is 29.4. The molecule has 0 radical (unpaired) electrons. The van der Waals surface area contributed by atoms with Gasteiger partial charge in [-0.3, -0.25) is 18.6 Å². The van der Waals surface area contributed by atoms with Crippen molar-refractivity contribution < 1.29 is 33.2 Å². The molecule has 2 atom stereocenters. The lowest BCUT2D eigenvalue weighted by molar-refractivity contribution is -0.137.